The first kappa shape index (κ1) is 48.3. The minimum Gasteiger partial charge on any atom is -0.808 e. The molecule has 0 N–H and O–H groups in total. The van der Waals surface area contributed by atoms with E-state index in [2.05, 4.69) is 0 Å². The monoisotopic (exact) mass is 513 g/mol. The zero-order valence-electron chi connectivity index (χ0n) is 12.4. The van der Waals surface area contributed by atoms with Crippen molar-refractivity contribution in [2.75, 3.05) is 0 Å². The first-order valence-electron chi connectivity index (χ1n) is 2.72. The second kappa shape index (κ2) is 20.5. The van der Waals surface area contributed by atoms with Crippen molar-refractivity contribution in [2.45, 2.75) is 4.76 Å². The molecule has 0 unspecified atom stereocenters. The largest absolute Gasteiger partial charge is 1.00 e. The Morgan fingerprint density at radius 3 is 0.714 bits per heavy atom. The van der Waals surface area contributed by atoms with Gasteiger partial charge in [-0.3, -0.25) is 0 Å². The van der Waals surface area contributed by atoms with Gasteiger partial charge in [0.2, 0.25) is 0 Å². The van der Waals surface area contributed by atoms with Crippen LogP contribution in [0.4, 0.5) is 0 Å². The maximum atomic E-state index is 10.2. The molecule has 0 aromatic heterocycles. The first-order valence-corrected chi connectivity index (χ1v) is 7.35. The number of hydrogen-bond donors (Lipinski definition) is 0. The van der Waals surface area contributed by atoms with Crippen LogP contribution in [0.1, 0.15) is 0 Å². The molecule has 0 aliphatic rings. The van der Waals surface area contributed by atoms with Crippen LogP contribution in [0.5, 0.6) is 0 Å². The summed E-state index contributed by atoms with van der Waals surface area (Å²) >= 11 is 0. The number of rotatable bonds is 4. The quantitative estimate of drug-likeness (QED) is 0.196. The van der Waals surface area contributed by atoms with E-state index in [0.717, 1.165) is 5.18 Å². The average Bonchev–Trinajstić information content (AvgIpc) is 1.76. The van der Waals surface area contributed by atoms with Gasteiger partial charge >= 0.3 is 308 Å². The van der Waals surface area contributed by atoms with Crippen molar-refractivity contribution in [3.05, 3.63) is 4.91 Å². The van der Waals surface area contributed by atoms with Gasteiger partial charge in [0, 0.05) is 0 Å². The van der Waals surface area contributed by atoms with Crippen LogP contribution in [0.15, 0.2) is 5.18 Å². The van der Waals surface area contributed by atoms with Crippen molar-refractivity contribution >= 4 is 22.8 Å². The zero-order valence-corrected chi connectivity index (χ0v) is 33.8. The normalized spacial score (nSPS) is 10.8. The Hall–Kier alpha value is 9.87. The van der Waals surface area contributed by atoms with Gasteiger partial charge in [-0.2, -0.15) is 0 Å². The molecule has 20 heteroatoms. The van der Waals surface area contributed by atoms with Gasteiger partial charge in [0.25, 0.3) is 0 Å². The fourth-order valence-corrected chi connectivity index (χ4v) is 4.50. The van der Waals surface area contributed by atoms with Gasteiger partial charge in [0.05, 0.1) is 0 Å². The molecule has 0 saturated carbocycles. The molecule has 0 aliphatic carbocycles. The number of nitrogens with zero attached hydrogens (tertiary/aromatic N) is 1. The van der Waals surface area contributed by atoms with E-state index in [1.165, 1.54) is 0 Å². The van der Waals surface area contributed by atoms with E-state index >= 15 is 0 Å². The molecule has 0 heterocycles. The van der Waals surface area contributed by atoms with Gasteiger partial charge in [-0.1, -0.05) is 0 Å². The molecule has 0 rings (SSSR count). The van der Waals surface area contributed by atoms with E-state index < -0.39 is 27.5 Å². The van der Waals surface area contributed by atoms with Gasteiger partial charge in [-0.15, -0.1) is 4.91 Å². The fraction of sp³-hybridized carbons (Fsp3) is 1.00. The van der Waals surface area contributed by atoms with Gasteiger partial charge in [-0.05, 0) is 28.0 Å². The van der Waals surface area contributed by atoms with Crippen LogP contribution in [0.3, 0.4) is 0 Å². The van der Waals surface area contributed by atoms with Gasteiger partial charge < -0.3 is 43.1 Å². The van der Waals surface area contributed by atoms with Crippen molar-refractivity contribution in [1.82, 2.24) is 0 Å². The van der Waals surface area contributed by atoms with Crippen molar-refractivity contribution in [3.63, 3.8) is 0 Å². The second-order valence-electron chi connectivity index (χ2n) is 2.18. The van der Waals surface area contributed by atoms with Crippen LogP contribution in [-0.2, 0) is 13.7 Å². The molecule has 0 bridgehead atoms. The topological polar surface area (TPSA) is 219 Å². The van der Waals surface area contributed by atoms with Crippen LogP contribution in [0.2, 0.25) is 0 Å². The Kier molecular flexibility index (Phi) is 47.1. The molecule has 90 valence electrons. The molecule has 0 atom stereocenters. The molecule has 0 fully saturated rings. The predicted octanol–water partition coefficient (Wildman–Crippen LogP) is -22.9. The molecular weight excluding hydrogens is 514 g/mol. The van der Waals surface area contributed by atoms with E-state index in [0.29, 0.717) is 0 Å². The number of hydrogen-bond acceptors (Lipinski definition) is 11. The maximum absolute atomic E-state index is 10.2. The smallest absolute Gasteiger partial charge is 0.808 e. The maximum Gasteiger partial charge on any atom is 1.00 e. The summed E-state index contributed by atoms with van der Waals surface area (Å²) in [5.41, 5.74) is 0. The van der Waals surface area contributed by atoms with Crippen molar-refractivity contribution in [1.29, 1.82) is 0 Å². The second-order valence-corrected chi connectivity index (χ2v) is 8.17. The predicted molar refractivity (Wildman–Crippen MR) is 31.3 cm³/mol. The molecule has 0 saturated heterocycles. The minimum absolute atomic E-state index is 0. The van der Waals surface area contributed by atoms with Crippen LogP contribution < -0.4 is 338 Å². The summed E-state index contributed by atoms with van der Waals surface area (Å²) in [5, 5.41) is 0.919. The molecular formula is CK6NO10P3. The van der Waals surface area contributed by atoms with Gasteiger partial charge in [0.15, 0.2) is 4.76 Å². The van der Waals surface area contributed by atoms with Crippen LogP contribution in [0.25, 0.3) is 0 Å². The summed E-state index contributed by atoms with van der Waals surface area (Å²) < 4.78 is 25.4. The summed E-state index contributed by atoms with van der Waals surface area (Å²) in [5.74, 6) is 0. The number of nitroso groups, excluding NO2 is 1. The van der Waals surface area contributed by atoms with E-state index in [1.54, 1.807) is 0 Å². The molecule has 0 aromatic rings. The Morgan fingerprint density at radius 2 is 0.714 bits per heavy atom. The third kappa shape index (κ3) is 14.6. The Bertz CT molecular complexity index is 356. The van der Waals surface area contributed by atoms with E-state index in [1.807, 2.05) is 0 Å². The summed E-state index contributed by atoms with van der Waals surface area (Å²) in [6.45, 7) is 0. The Labute approximate surface area is 375 Å². The fourth-order valence-electron chi connectivity index (χ4n) is 0.600. The summed E-state index contributed by atoms with van der Waals surface area (Å²) in [6.07, 6.45) is 0. The van der Waals surface area contributed by atoms with E-state index in [4.69, 9.17) is 0 Å². The summed E-state index contributed by atoms with van der Waals surface area (Å²) in [6, 6.07) is 0. The standard InChI is InChI=1S/CH6NO10P3.6K/c3-2-1(13(4,5)6,14(7,8)9)15(10,11)12;;;;;;/h(H2,4,5,6)(H2,7,8,9)(H2,10,11,12);;;;;;/q;6*+1/p-6. The molecule has 0 spiro atoms. The third-order valence-corrected chi connectivity index (χ3v) is 8.08. The van der Waals surface area contributed by atoms with Crippen LogP contribution in [-0.4, -0.2) is 4.76 Å². The summed E-state index contributed by atoms with van der Waals surface area (Å²) in [7, 11) is -20.7. The van der Waals surface area contributed by atoms with E-state index in [9.17, 15) is 48.0 Å². The Morgan fingerprint density at radius 1 is 0.571 bits per heavy atom. The molecule has 0 amide bonds. The summed E-state index contributed by atoms with van der Waals surface area (Å²) in [4.78, 5) is 71.1. The third-order valence-electron chi connectivity index (χ3n) is 1.22. The first-order chi connectivity index (χ1) is 6.31. The SMILES string of the molecule is O=NC(P(=O)([O-])[O-])(P(=O)([O-])[O-])P(=O)([O-])[O-].[K+].[K+].[K+].[K+].[K+].[K+]. The van der Waals surface area contributed by atoms with Gasteiger partial charge in [0.1, 0.15) is 0 Å². The van der Waals surface area contributed by atoms with Gasteiger partial charge in [-0.25, -0.2) is 0 Å². The molecule has 0 aliphatic heterocycles. The van der Waals surface area contributed by atoms with Crippen molar-refractivity contribution in [3.8, 4) is 0 Å². The molecule has 21 heavy (non-hydrogen) atoms. The van der Waals surface area contributed by atoms with E-state index in [-0.39, 0.29) is 308 Å². The molecule has 0 aromatic carbocycles. The Balaban J connectivity index is -0.0000000653. The molecule has 0 radical (unpaired) electrons. The van der Waals surface area contributed by atoms with Crippen LogP contribution in [0, 0.1) is 4.91 Å². The van der Waals surface area contributed by atoms with Crippen molar-refractivity contribution < 1.29 is 351 Å². The average molecular weight is 514 g/mol. The zero-order chi connectivity index (χ0) is 12.7. The van der Waals surface area contributed by atoms with Crippen LogP contribution >= 0.6 is 22.8 Å². The minimum atomic E-state index is -6.91. The van der Waals surface area contributed by atoms with Crippen molar-refractivity contribution in [2.24, 2.45) is 5.18 Å². The molecule has 11 nitrogen and oxygen atoms in total.